The van der Waals surface area contributed by atoms with Crippen LogP contribution in [-0.2, 0) is 0 Å². The summed E-state index contributed by atoms with van der Waals surface area (Å²) in [5.41, 5.74) is 7.52. The smallest absolute Gasteiger partial charge is 0.00988 e. The lowest BCUT2D eigenvalue weighted by Gasteiger charge is -2.12. The second-order valence-electron chi connectivity index (χ2n) is 10.6. The molecule has 0 heterocycles. The van der Waals surface area contributed by atoms with Gasteiger partial charge in [-0.3, -0.25) is 0 Å². The summed E-state index contributed by atoms with van der Waals surface area (Å²) in [6, 6.07) is 57.6. The molecule has 0 fully saturated rings. The van der Waals surface area contributed by atoms with Gasteiger partial charge in [0.25, 0.3) is 0 Å². The van der Waals surface area contributed by atoms with Crippen LogP contribution >= 0.6 is 0 Å². The van der Waals surface area contributed by atoms with Crippen LogP contribution in [0.3, 0.4) is 0 Å². The zero-order chi connectivity index (χ0) is 26.5. The lowest BCUT2D eigenvalue weighted by atomic mass is 9.91. The normalized spacial score (nSPS) is 11.5. The van der Waals surface area contributed by atoms with Crippen molar-refractivity contribution >= 4 is 43.1 Å². The molecule has 0 heteroatoms. The Bertz CT molecular complexity index is 2200. The molecule has 0 N–H and O–H groups in total. The zero-order valence-corrected chi connectivity index (χ0v) is 22.0. The minimum Gasteiger partial charge on any atom is -0.0622 e. The van der Waals surface area contributed by atoms with Crippen molar-refractivity contribution in [1.29, 1.82) is 0 Å². The quantitative estimate of drug-likeness (QED) is 0.209. The van der Waals surface area contributed by atoms with Crippen LogP contribution in [0.25, 0.3) is 76.5 Å². The molecule has 0 spiro atoms. The largest absolute Gasteiger partial charge is 0.0622 e. The summed E-state index contributed by atoms with van der Waals surface area (Å²) in [5.74, 6) is 0. The van der Waals surface area contributed by atoms with E-state index in [0.717, 1.165) is 0 Å². The third-order valence-electron chi connectivity index (χ3n) is 8.20. The Morgan fingerprint density at radius 1 is 0.225 bits per heavy atom. The fourth-order valence-electron chi connectivity index (χ4n) is 6.12. The molecule has 8 aromatic rings. The summed E-state index contributed by atoms with van der Waals surface area (Å²) in [4.78, 5) is 0. The van der Waals surface area contributed by atoms with Crippen LogP contribution in [0.2, 0.25) is 0 Å². The van der Waals surface area contributed by atoms with E-state index in [1.807, 2.05) is 0 Å². The van der Waals surface area contributed by atoms with Crippen molar-refractivity contribution in [2.45, 2.75) is 0 Å². The maximum atomic E-state index is 2.34. The van der Waals surface area contributed by atoms with E-state index in [4.69, 9.17) is 0 Å². The van der Waals surface area contributed by atoms with E-state index in [2.05, 4.69) is 158 Å². The third kappa shape index (κ3) is 3.85. The maximum Gasteiger partial charge on any atom is -0.00988 e. The molecule has 0 unspecified atom stereocenters. The van der Waals surface area contributed by atoms with E-state index in [1.165, 1.54) is 76.5 Å². The summed E-state index contributed by atoms with van der Waals surface area (Å²) < 4.78 is 0. The highest BCUT2D eigenvalue weighted by Gasteiger charge is 2.10. The molecule has 0 saturated carbocycles. The number of fused-ring (bicyclic) bond motifs is 5. The first kappa shape index (κ1) is 22.8. The van der Waals surface area contributed by atoms with Gasteiger partial charge in [0.2, 0.25) is 0 Å². The molecule has 0 amide bonds. The van der Waals surface area contributed by atoms with Crippen molar-refractivity contribution in [1.82, 2.24) is 0 Å². The minimum absolute atomic E-state index is 1.24. The van der Waals surface area contributed by atoms with Crippen LogP contribution in [0, 0.1) is 0 Å². The Labute approximate surface area is 233 Å². The molecule has 0 atom stereocenters. The van der Waals surface area contributed by atoms with Gasteiger partial charge in [0.1, 0.15) is 0 Å². The molecule has 0 saturated heterocycles. The zero-order valence-electron chi connectivity index (χ0n) is 22.0. The highest BCUT2D eigenvalue weighted by Crippen LogP contribution is 2.37. The summed E-state index contributed by atoms with van der Waals surface area (Å²) in [6.07, 6.45) is 0. The Hall–Kier alpha value is -5.20. The molecule has 0 aliphatic heterocycles. The molecule has 40 heavy (non-hydrogen) atoms. The van der Waals surface area contributed by atoms with Gasteiger partial charge in [0.15, 0.2) is 0 Å². The average molecular weight is 507 g/mol. The van der Waals surface area contributed by atoms with E-state index < -0.39 is 0 Å². The van der Waals surface area contributed by atoms with Gasteiger partial charge < -0.3 is 0 Å². The van der Waals surface area contributed by atoms with Gasteiger partial charge in [-0.05, 0) is 107 Å². The minimum atomic E-state index is 1.24. The van der Waals surface area contributed by atoms with Crippen molar-refractivity contribution in [3.05, 3.63) is 158 Å². The lowest BCUT2D eigenvalue weighted by molar-refractivity contribution is 1.63. The van der Waals surface area contributed by atoms with Gasteiger partial charge >= 0.3 is 0 Å². The van der Waals surface area contributed by atoms with Crippen molar-refractivity contribution < 1.29 is 0 Å². The van der Waals surface area contributed by atoms with Crippen molar-refractivity contribution in [2.75, 3.05) is 0 Å². The SMILES string of the molecule is c1ccc(-c2ccc3cc(-c4ccc5cc(-c6cc7ccccc7c7ccccc67)ccc5c4)ccc3c2)cc1. The molecule has 0 radical (unpaired) electrons. The Morgan fingerprint density at radius 2 is 0.675 bits per heavy atom. The maximum absolute atomic E-state index is 2.34. The first-order chi connectivity index (χ1) is 19.8. The van der Waals surface area contributed by atoms with Gasteiger partial charge in [-0.2, -0.15) is 0 Å². The molecular weight excluding hydrogens is 480 g/mol. The van der Waals surface area contributed by atoms with Crippen LogP contribution in [-0.4, -0.2) is 0 Å². The number of rotatable bonds is 3. The third-order valence-corrected chi connectivity index (χ3v) is 8.20. The number of hydrogen-bond acceptors (Lipinski definition) is 0. The van der Waals surface area contributed by atoms with E-state index in [9.17, 15) is 0 Å². The van der Waals surface area contributed by atoms with Crippen molar-refractivity contribution in [2.24, 2.45) is 0 Å². The molecule has 0 aliphatic carbocycles. The van der Waals surface area contributed by atoms with Crippen LogP contribution in [0.15, 0.2) is 158 Å². The van der Waals surface area contributed by atoms with Gasteiger partial charge in [0, 0.05) is 0 Å². The molecule has 186 valence electrons. The van der Waals surface area contributed by atoms with E-state index in [0.29, 0.717) is 0 Å². The van der Waals surface area contributed by atoms with Crippen LogP contribution in [0.5, 0.6) is 0 Å². The fraction of sp³-hybridized carbons (Fsp3) is 0. The lowest BCUT2D eigenvalue weighted by Crippen LogP contribution is -1.86. The Kier molecular flexibility index (Phi) is 5.24. The molecule has 0 bridgehead atoms. The average Bonchev–Trinajstić information content (AvgIpc) is 3.04. The fourth-order valence-corrected chi connectivity index (χ4v) is 6.12. The van der Waals surface area contributed by atoms with Crippen LogP contribution < -0.4 is 0 Å². The van der Waals surface area contributed by atoms with Crippen molar-refractivity contribution in [3.8, 4) is 33.4 Å². The van der Waals surface area contributed by atoms with Crippen LogP contribution in [0.4, 0.5) is 0 Å². The van der Waals surface area contributed by atoms with E-state index >= 15 is 0 Å². The summed E-state index contributed by atoms with van der Waals surface area (Å²) in [6.45, 7) is 0. The first-order valence-corrected chi connectivity index (χ1v) is 13.8. The predicted molar refractivity (Wildman–Crippen MR) is 173 cm³/mol. The van der Waals surface area contributed by atoms with Gasteiger partial charge in [-0.25, -0.2) is 0 Å². The van der Waals surface area contributed by atoms with Crippen LogP contribution in [0.1, 0.15) is 0 Å². The second kappa shape index (κ2) is 9.22. The molecule has 0 aromatic heterocycles. The van der Waals surface area contributed by atoms with E-state index in [-0.39, 0.29) is 0 Å². The topological polar surface area (TPSA) is 0 Å². The Balaban J connectivity index is 1.18. The summed E-state index contributed by atoms with van der Waals surface area (Å²) in [5, 5.41) is 10.2. The Morgan fingerprint density at radius 3 is 1.30 bits per heavy atom. The predicted octanol–water partition coefficient (Wildman–Crippen LogP) is 11.3. The molecule has 8 rings (SSSR count). The van der Waals surface area contributed by atoms with Gasteiger partial charge in [-0.15, -0.1) is 0 Å². The molecule has 0 nitrogen and oxygen atoms in total. The summed E-state index contributed by atoms with van der Waals surface area (Å²) >= 11 is 0. The molecular formula is C40H26. The molecule has 8 aromatic carbocycles. The molecule has 0 aliphatic rings. The van der Waals surface area contributed by atoms with Gasteiger partial charge in [-0.1, -0.05) is 127 Å². The highest BCUT2D eigenvalue weighted by atomic mass is 14.1. The first-order valence-electron chi connectivity index (χ1n) is 13.8. The summed E-state index contributed by atoms with van der Waals surface area (Å²) in [7, 11) is 0. The van der Waals surface area contributed by atoms with E-state index in [1.54, 1.807) is 0 Å². The monoisotopic (exact) mass is 506 g/mol. The van der Waals surface area contributed by atoms with Gasteiger partial charge in [0.05, 0.1) is 0 Å². The number of hydrogen-bond donors (Lipinski definition) is 0. The number of benzene rings is 8. The van der Waals surface area contributed by atoms with Crippen molar-refractivity contribution in [3.63, 3.8) is 0 Å². The second-order valence-corrected chi connectivity index (χ2v) is 10.6. The standard InChI is InChI=1S/C40H26/c1-2-8-27(9-3-1)28-14-15-30-23-31(17-16-29(30)22-28)32-18-19-34-25-36(21-20-33(34)24-32)40-26-35-10-4-5-11-37(35)38-12-6-7-13-39(38)40/h1-26H. The highest BCUT2D eigenvalue weighted by molar-refractivity contribution is 6.14.